The van der Waals surface area contributed by atoms with Crippen LogP contribution in [0, 0.1) is 0 Å². The highest BCUT2D eigenvalue weighted by Gasteiger charge is 2.18. The van der Waals surface area contributed by atoms with Gasteiger partial charge in [-0.15, -0.1) is 0 Å². The molecule has 2 N–H and O–H groups in total. The summed E-state index contributed by atoms with van der Waals surface area (Å²) in [7, 11) is 0. The SMILES string of the molecule is C1CCC(NCC2CCCN2)C1. The van der Waals surface area contributed by atoms with Gasteiger partial charge in [0, 0.05) is 18.6 Å². The van der Waals surface area contributed by atoms with Crippen LogP contribution in [0.15, 0.2) is 0 Å². The third-order valence-corrected chi connectivity index (χ3v) is 3.17. The summed E-state index contributed by atoms with van der Waals surface area (Å²) >= 11 is 0. The number of hydrogen-bond donors (Lipinski definition) is 2. The van der Waals surface area contributed by atoms with Crippen molar-refractivity contribution in [3.8, 4) is 0 Å². The van der Waals surface area contributed by atoms with Crippen LogP contribution in [-0.2, 0) is 0 Å². The molecule has 1 aliphatic carbocycles. The Morgan fingerprint density at radius 2 is 1.92 bits per heavy atom. The van der Waals surface area contributed by atoms with Crippen molar-refractivity contribution in [2.24, 2.45) is 0 Å². The predicted molar refractivity (Wildman–Crippen MR) is 51.3 cm³/mol. The predicted octanol–water partition coefficient (Wildman–Crippen LogP) is 1.27. The average molecular weight is 168 g/mol. The van der Waals surface area contributed by atoms with E-state index in [1.807, 2.05) is 0 Å². The molecule has 1 heterocycles. The van der Waals surface area contributed by atoms with Crippen LogP contribution in [0.2, 0.25) is 0 Å². The Hall–Kier alpha value is -0.0800. The van der Waals surface area contributed by atoms with Gasteiger partial charge in [-0.1, -0.05) is 12.8 Å². The lowest BCUT2D eigenvalue weighted by Gasteiger charge is -2.15. The molecule has 2 heteroatoms. The maximum atomic E-state index is 3.66. The minimum Gasteiger partial charge on any atom is -0.313 e. The van der Waals surface area contributed by atoms with Gasteiger partial charge in [-0.2, -0.15) is 0 Å². The molecule has 0 aromatic heterocycles. The van der Waals surface area contributed by atoms with E-state index in [1.54, 1.807) is 0 Å². The highest BCUT2D eigenvalue weighted by atomic mass is 15.0. The van der Waals surface area contributed by atoms with Crippen LogP contribution in [0.25, 0.3) is 0 Å². The molecule has 0 aromatic carbocycles. The van der Waals surface area contributed by atoms with Crippen LogP contribution in [-0.4, -0.2) is 25.2 Å². The molecular formula is C10H20N2. The van der Waals surface area contributed by atoms with E-state index >= 15 is 0 Å². The zero-order chi connectivity index (χ0) is 8.23. The lowest BCUT2D eigenvalue weighted by Crippen LogP contribution is -2.38. The molecule has 2 fully saturated rings. The second kappa shape index (κ2) is 4.24. The van der Waals surface area contributed by atoms with Gasteiger partial charge < -0.3 is 10.6 Å². The fourth-order valence-electron chi connectivity index (χ4n) is 2.37. The second-order valence-corrected chi connectivity index (χ2v) is 4.18. The Labute approximate surface area is 75.1 Å². The van der Waals surface area contributed by atoms with Crippen LogP contribution >= 0.6 is 0 Å². The molecule has 70 valence electrons. The quantitative estimate of drug-likeness (QED) is 0.663. The molecule has 1 atom stereocenters. The molecule has 1 saturated heterocycles. The van der Waals surface area contributed by atoms with Crippen LogP contribution in [0.4, 0.5) is 0 Å². The topological polar surface area (TPSA) is 24.1 Å². The molecule has 1 aliphatic heterocycles. The summed E-state index contributed by atoms with van der Waals surface area (Å²) in [4.78, 5) is 0. The second-order valence-electron chi connectivity index (χ2n) is 4.18. The first kappa shape index (κ1) is 8.52. The normalized spacial score (nSPS) is 31.5. The third kappa shape index (κ3) is 2.20. The van der Waals surface area contributed by atoms with Crippen LogP contribution in [0.5, 0.6) is 0 Å². The Morgan fingerprint density at radius 1 is 1.08 bits per heavy atom. The van der Waals surface area contributed by atoms with E-state index in [2.05, 4.69) is 10.6 Å². The summed E-state index contributed by atoms with van der Waals surface area (Å²) < 4.78 is 0. The minimum atomic E-state index is 0.769. The van der Waals surface area contributed by atoms with Crippen molar-refractivity contribution in [3.63, 3.8) is 0 Å². The molecule has 1 unspecified atom stereocenters. The molecule has 0 spiro atoms. The zero-order valence-electron chi connectivity index (χ0n) is 7.81. The number of nitrogens with one attached hydrogen (secondary N) is 2. The Bertz CT molecular complexity index is 108. The molecule has 2 nitrogen and oxygen atoms in total. The van der Waals surface area contributed by atoms with Crippen molar-refractivity contribution in [1.29, 1.82) is 0 Å². The van der Waals surface area contributed by atoms with Gasteiger partial charge in [-0.3, -0.25) is 0 Å². The van der Waals surface area contributed by atoms with Gasteiger partial charge in [0.25, 0.3) is 0 Å². The summed E-state index contributed by atoms with van der Waals surface area (Å²) in [6, 6.07) is 1.61. The lowest BCUT2D eigenvalue weighted by atomic mass is 10.2. The highest BCUT2D eigenvalue weighted by molar-refractivity contribution is 4.80. The highest BCUT2D eigenvalue weighted by Crippen LogP contribution is 2.17. The standard InChI is InChI=1S/C10H20N2/c1-2-5-9(4-1)12-8-10-6-3-7-11-10/h9-12H,1-8H2. The van der Waals surface area contributed by atoms with E-state index in [4.69, 9.17) is 0 Å². The largest absolute Gasteiger partial charge is 0.313 e. The monoisotopic (exact) mass is 168 g/mol. The van der Waals surface area contributed by atoms with E-state index in [0.29, 0.717) is 0 Å². The summed E-state index contributed by atoms with van der Waals surface area (Å²) in [6.07, 6.45) is 8.45. The molecule has 0 aromatic rings. The average Bonchev–Trinajstić information content (AvgIpc) is 2.74. The summed E-state index contributed by atoms with van der Waals surface area (Å²) in [5.74, 6) is 0. The number of hydrogen-bond acceptors (Lipinski definition) is 2. The molecule has 0 radical (unpaired) electrons. The number of rotatable bonds is 3. The van der Waals surface area contributed by atoms with Gasteiger partial charge in [0.1, 0.15) is 0 Å². The van der Waals surface area contributed by atoms with E-state index in [0.717, 1.165) is 12.1 Å². The molecule has 0 bridgehead atoms. The summed E-state index contributed by atoms with van der Waals surface area (Å²) in [6.45, 7) is 2.43. The Kier molecular flexibility index (Phi) is 3.01. The van der Waals surface area contributed by atoms with E-state index < -0.39 is 0 Å². The van der Waals surface area contributed by atoms with Crippen molar-refractivity contribution >= 4 is 0 Å². The molecule has 1 saturated carbocycles. The molecule has 2 aliphatic rings. The molecule has 12 heavy (non-hydrogen) atoms. The first-order chi connectivity index (χ1) is 5.95. The fourth-order valence-corrected chi connectivity index (χ4v) is 2.37. The van der Waals surface area contributed by atoms with E-state index in [1.165, 1.54) is 51.6 Å². The van der Waals surface area contributed by atoms with Gasteiger partial charge in [0.05, 0.1) is 0 Å². The van der Waals surface area contributed by atoms with Crippen molar-refractivity contribution in [2.75, 3.05) is 13.1 Å². The van der Waals surface area contributed by atoms with Gasteiger partial charge in [-0.25, -0.2) is 0 Å². The van der Waals surface area contributed by atoms with Gasteiger partial charge in [0.15, 0.2) is 0 Å². The Morgan fingerprint density at radius 3 is 2.58 bits per heavy atom. The first-order valence-electron chi connectivity index (χ1n) is 5.42. The molecule has 0 amide bonds. The zero-order valence-corrected chi connectivity index (χ0v) is 7.81. The van der Waals surface area contributed by atoms with Crippen molar-refractivity contribution < 1.29 is 0 Å². The van der Waals surface area contributed by atoms with Crippen molar-refractivity contribution in [2.45, 2.75) is 50.6 Å². The van der Waals surface area contributed by atoms with Gasteiger partial charge in [0.2, 0.25) is 0 Å². The third-order valence-electron chi connectivity index (χ3n) is 3.17. The lowest BCUT2D eigenvalue weighted by molar-refractivity contribution is 0.465. The van der Waals surface area contributed by atoms with Crippen LogP contribution < -0.4 is 10.6 Å². The van der Waals surface area contributed by atoms with Crippen molar-refractivity contribution in [3.05, 3.63) is 0 Å². The van der Waals surface area contributed by atoms with Crippen LogP contribution in [0.1, 0.15) is 38.5 Å². The maximum Gasteiger partial charge on any atom is 0.0193 e. The summed E-state index contributed by atoms with van der Waals surface area (Å²) in [5, 5.41) is 7.18. The van der Waals surface area contributed by atoms with Crippen molar-refractivity contribution in [1.82, 2.24) is 10.6 Å². The smallest absolute Gasteiger partial charge is 0.0193 e. The summed E-state index contributed by atoms with van der Waals surface area (Å²) in [5.41, 5.74) is 0. The first-order valence-corrected chi connectivity index (χ1v) is 5.42. The molecule has 2 rings (SSSR count). The minimum absolute atomic E-state index is 0.769. The van der Waals surface area contributed by atoms with Crippen LogP contribution in [0.3, 0.4) is 0 Å². The van der Waals surface area contributed by atoms with E-state index in [9.17, 15) is 0 Å². The van der Waals surface area contributed by atoms with Gasteiger partial charge >= 0.3 is 0 Å². The fraction of sp³-hybridized carbons (Fsp3) is 1.00. The Balaban J connectivity index is 1.60. The van der Waals surface area contributed by atoms with E-state index in [-0.39, 0.29) is 0 Å². The van der Waals surface area contributed by atoms with Gasteiger partial charge in [-0.05, 0) is 32.2 Å². The maximum absolute atomic E-state index is 3.66. The molecular weight excluding hydrogens is 148 g/mol.